The van der Waals surface area contributed by atoms with Crippen molar-refractivity contribution in [3.05, 3.63) is 12.2 Å². The van der Waals surface area contributed by atoms with Crippen molar-refractivity contribution in [3.63, 3.8) is 0 Å². The lowest BCUT2D eigenvalue weighted by molar-refractivity contribution is -0.242. The second kappa shape index (κ2) is 7.11. The average Bonchev–Trinajstić information content (AvgIpc) is 3.06. The van der Waals surface area contributed by atoms with E-state index in [2.05, 4.69) is 55.0 Å². The first-order chi connectivity index (χ1) is 14.8. The minimum atomic E-state index is 0.266. The van der Waals surface area contributed by atoms with Gasteiger partial charge in [-0.3, -0.25) is 0 Å². The lowest BCUT2D eigenvalue weighted by Gasteiger charge is -2.73. The molecule has 0 aromatic heterocycles. The largest absolute Gasteiger partial charge is 0.396 e. The maximum atomic E-state index is 10.2. The van der Waals surface area contributed by atoms with Crippen molar-refractivity contribution in [3.8, 4) is 0 Å². The Bertz CT molecular complexity index is 781. The standard InChI is InChI=1S/C31H52O/c1-20(2)22-12-14-28(5)17-18-30(7)23(26(22)28)9-10-25-29(6)15-11-21(19-32)27(3,4)24(29)13-16-31(25,30)8/h21-26,32H,1,9-19H2,2-8H3/t21-,22?,23?,24?,25?,26?,28-,29+,30-,31-/m1/s1. The first-order valence-electron chi connectivity index (χ1n) is 14.1. The Morgan fingerprint density at radius 1 is 0.781 bits per heavy atom. The van der Waals surface area contributed by atoms with Crippen LogP contribution in [0.4, 0.5) is 0 Å². The molecule has 0 radical (unpaired) electrons. The zero-order chi connectivity index (χ0) is 23.3. The van der Waals surface area contributed by atoms with Gasteiger partial charge in [0.25, 0.3) is 0 Å². The molecule has 0 aromatic rings. The molecule has 0 saturated heterocycles. The molecule has 5 unspecified atom stereocenters. The second-order valence-corrected chi connectivity index (χ2v) is 15.1. The molecule has 0 bridgehead atoms. The van der Waals surface area contributed by atoms with Crippen LogP contribution in [-0.2, 0) is 0 Å². The highest BCUT2D eigenvalue weighted by atomic mass is 16.3. The van der Waals surface area contributed by atoms with Crippen molar-refractivity contribution >= 4 is 0 Å². The molecule has 10 atom stereocenters. The number of hydrogen-bond acceptors (Lipinski definition) is 1. The molecule has 5 aliphatic rings. The molecule has 5 fully saturated rings. The molecule has 32 heavy (non-hydrogen) atoms. The van der Waals surface area contributed by atoms with E-state index >= 15 is 0 Å². The summed E-state index contributed by atoms with van der Waals surface area (Å²) in [4.78, 5) is 0. The van der Waals surface area contributed by atoms with Gasteiger partial charge < -0.3 is 5.11 Å². The van der Waals surface area contributed by atoms with Gasteiger partial charge in [-0.25, -0.2) is 0 Å². The monoisotopic (exact) mass is 440 g/mol. The third-order valence-electron chi connectivity index (χ3n) is 14.0. The van der Waals surface area contributed by atoms with Gasteiger partial charge in [0, 0.05) is 6.61 Å². The number of aliphatic hydroxyl groups excluding tert-OH is 1. The van der Waals surface area contributed by atoms with Crippen molar-refractivity contribution in [2.24, 2.45) is 62.6 Å². The average molecular weight is 441 g/mol. The Morgan fingerprint density at radius 2 is 1.50 bits per heavy atom. The van der Waals surface area contributed by atoms with Crippen LogP contribution in [0.5, 0.6) is 0 Å². The van der Waals surface area contributed by atoms with Crippen molar-refractivity contribution in [1.29, 1.82) is 0 Å². The SMILES string of the molecule is C=C(C)C1CC[C@]2(C)CC[C@]3(C)C(CCC4[C@@]5(C)CC[C@H](CO)C(C)(C)C5CC[C@]43C)C12. The van der Waals surface area contributed by atoms with Crippen LogP contribution < -0.4 is 0 Å². The van der Waals surface area contributed by atoms with Gasteiger partial charge in [-0.1, -0.05) is 53.7 Å². The predicted octanol–water partition coefficient (Wildman–Crippen LogP) is 8.27. The van der Waals surface area contributed by atoms with E-state index in [1.54, 1.807) is 0 Å². The molecule has 1 heteroatoms. The van der Waals surface area contributed by atoms with Gasteiger partial charge in [0.05, 0.1) is 0 Å². The Labute approximate surface area is 199 Å². The van der Waals surface area contributed by atoms with Gasteiger partial charge in [0.2, 0.25) is 0 Å². The Balaban J connectivity index is 1.53. The summed E-state index contributed by atoms with van der Waals surface area (Å²) in [7, 11) is 0. The molecule has 5 aliphatic carbocycles. The Kier molecular flexibility index (Phi) is 5.21. The van der Waals surface area contributed by atoms with Crippen LogP contribution in [0.1, 0.15) is 113 Å². The van der Waals surface area contributed by atoms with Crippen LogP contribution in [0.2, 0.25) is 0 Å². The highest BCUT2D eigenvalue weighted by Gasteiger charge is 2.70. The third kappa shape index (κ3) is 2.73. The molecule has 0 heterocycles. The van der Waals surface area contributed by atoms with Crippen LogP contribution in [0.3, 0.4) is 0 Å². The Morgan fingerprint density at radius 3 is 2.16 bits per heavy atom. The lowest BCUT2D eigenvalue weighted by Crippen LogP contribution is -2.66. The van der Waals surface area contributed by atoms with Crippen LogP contribution in [0, 0.1) is 62.6 Å². The van der Waals surface area contributed by atoms with Crippen molar-refractivity contribution in [2.75, 3.05) is 6.61 Å². The maximum Gasteiger partial charge on any atom is 0.0464 e. The van der Waals surface area contributed by atoms with E-state index in [0.717, 1.165) is 29.6 Å². The summed E-state index contributed by atoms with van der Waals surface area (Å²) >= 11 is 0. The zero-order valence-corrected chi connectivity index (χ0v) is 22.4. The third-order valence-corrected chi connectivity index (χ3v) is 14.0. The number of fused-ring (bicyclic) bond motifs is 7. The first kappa shape index (κ1) is 23.4. The van der Waals surface area contributed by atoms with Gasteiger partial charge in [-0.2, -0.15) is 0 Å². The van der Waals surface area contributed by atoms with Crippen LogP contribution in [0.25, 0.3) is 0 Å². The van der Waals surface area contributed by atoms with Crippen LogP contribution >= 0.6 is 0 Å². The van der Waals surface area contributed by atoms with E-state index in [9.17, 15) is 5.11 Å². The number of rotatable bonds is 2. The second-order valence-electron chi connectivity index (χ2n) is 15.1. The molecule has 5 rings (SSSR count). The van der Waals surface area contributed by atoms with E-state index < -0.39 is 0 Å². The topological polar surface area (TPSA) is 20.2 Å². The van der Waals surface area contributed by atoms with Crippen molar-refractivity contribution in [2.45, 2.75) is 113 Å². The first-order valence-corrected chi connectivity index (χ1v) is 14.1. The summed E-state index contributed by atoms with van der Waals surface area (Å²) in [6.45, 7) is 23.0. The fourth-order valence-corrected chi connectivity index (χ4v) is 11.9. The van der Waals surface area contributed by atoms with E-state index in [1.807, 2.05) is 0 Å². The summed E-state index contributed by atoms with van der Waals surface area (Å²) in [5, 5.41) is 10.2. The molecule has 1 N–H and O–H groups in total. The number of aliphatic hydroxyl groups is 1. The van der Waals surface area contributed by atoms with Crippen LogP contribution in [0.15, 0.2) is 12.2 Å². The lowest BCUT2D eigenvalue weighted by atomic mass is 9.32. The van der Waals surface area contributed by atoms with Gasteiger partial charge >= 0.3 is 0 Å². The van der Waals surface area contributed by atoms with Crippen LogP contribution in [-0.4, -0.2) is 11.7 Å². The molecule has 5 saturated carbocycles. The molecular formula is C31H52O. The van der Waals surface area contributed by atoms with E-state index in [-0.39, 0.29) is 5.41 Å². The smallest absolute Gasteiger partial charge is 0.0464 e. The Hall–Kier alpha value is -0.300. The van der Waals surface area contributed by atoms with E-state index in [4.69, 9.17) is 0 Å². The summed E-state index contributed by atoms with van der Waals surface area (Å²) in [5.74, 6) is 4.61. The molecule has 182 valence electrons. The van der Waals surface area contributed by atoms with E-state index in [1.165, 1.54) is 69.8 Å². The number of hydrogen-bond donors (Lipinski definition) is 1. The quantitative estimate of drug-likeness (QED) is 0.428. The number of allylic oxidation sites excluding steroid dienone is 1. The van der Waals surface area contributed by atoms with Gasteiger partial charge in [-0.05, 0) is 134 Å². The highest BCUT2D eigenvalue weighted by molar-refractivity contribution is 5.20. The molecule has 1 nitrogen and oxygen atoms in total. The molecule has 0 spiro atoms. The fourth-order valence-electron chi connectivity index (χ4n) is 11.9. The fraction of sp³-hybridized carbons (Fsp3) is 0.935. The normalized spacial score (nSPS) is 56.5. The zero-order valence-electron chi connectivity index (χ0n) is 22.4. The maximum absolute atomic E-state index is 10.2. The van der Waals surface area contributed by atoms with Gasteiger partial charge in [0.15, 0.2) is 0 Å². The van der Waals surface area contributed by atoms with Crippen molar-refractivity contribution in [1.82, 2.24) is 0 Å². The van der Waals surface area contributed by atoms with Gasteiger partial charge in [0.1, 0.15) is 0 Å². The summed E-state index contributed by atoms with van der Waals surface area (Å²) in [5.41, 5.74) is 3.67. The molecule has 0 aromatic carbocycles. The summed E-state index contributed by atoms with van der Waals surface area (Å²) in [6, 6.07) is 0. The minimum absolute atomic E-state index is 0.266. The predicted molar refractivity (Wildman–Crippen MR) is 135 cm³/mol. The van der Waals surface area contributed by atoms with Crippen molar-refractivity contribution < 1.29 is 5.11 Å². The molecule has 0 aliphatic heterocycles. The minimum Gasteiger partial charge on any atom is -0.396 e. The van der Waals surface area contributed by atoms with Gasteiger partial charge in [-0.15, -0.1) is 0 Å². The summed E-state index contributed by atoms with van der Waals surface area (Å²) < 4.78 is 0. The summed E-state index contributed by atoms with van der Waals surface area (Å²) in [6.07, 6.45) is 13.9. The highest BCUT2D eigenvalue weighted by Crippen LogP contribution is 2.77. The molecular weight excluding hydrogens is 388 g/mol. The molecule has 0 amide bonds. The van der Waals surface area contributed by atoms with E-state index in [0.29, 0.717) is 34.2 Å².